The number of nitrogen functional groups attached to an aromatic ring is 2. The van der Waals surface area contributed by atoms with E-state index < -0.39 is 5.97 Å². The molecule has 4 aromatic rings. The molecule has 4 rings (SSSR count). The second-order valence-electron chi connectivity index (χ2n) is 6.95. The summed E-state index contributed by atoms with van der Waals surface area (Å²) in [5, 5.41) is 11.1. The Bertz CT molecular complexity index is 1190. The predicted molar refractivity (Wildman–Crippen MR) is 123 cm³/mol. The summed E-state index contributed by atoms with van der Waals surface area (Å²) in [6.45, 7) is 0. The molecule has 31 heavy (non-hydrogen) atoms. The largest absolute Gasteiger partial charge is 0.508 e. The van der Waals surface area contributed by atoms with Gasteiger partial charge in [-0.15, -0.1) is 0 Å². The molecule has 0 saturated carbocycles. The van der Waals surface area contributed by atoms with Crippen LogP contribution in [0.3, 0.4) is 0 Å². The Morgan fingerprint density at radius 3 is 2.03 bits per heavy atom. The zero-order valence-electron chi connectivity index (χ0n) is 16.6. The van der Waals surface area contributed by atoms with Crippen molar-refractivity contribution in [3.8, 4) is 16.9 Å². The van der Waals surface area contributed by atoms with Crippen molar-refractivity contribution in [2.24, 2.45) is 0 Å². The standard InChI is InChI=1S/C25H21N3O3/c26-18-8-6-17(7-9-18)24-16-19(27)10-15-23(24)25(30)31-28(20-4-2-1-3-5-20)21-11-13-22(29)14-12-21/h1-16,29H,26-27H2. The van der Waals surface area contributed by atoms with E-state index >= 15 is 0 Å². The third-order valence-electron chi connectivity index (χ3n) is 4.73. The molecule has 0 aromatic heterocycles. The average molecular weight is 411 g/mol. The second-order valence-corrected chi connectivity index (χ2v) is 6.95. The fourth-order valence-corrected chi connectivity index (χ4v) is 3.18. The van der Waals surface area contributed by atoms with Crippen LogP contribution in [0.25, 0.3) is 11.1 Å². The molecule has 0 aliphatic rings. The SMILES string of the molecule is Nc1ccc(-c2cc(N)ccc2C(=O)ON(c2ccccc2)c2ccc(O)cc2)cc1. The predicted octanol–water partition coefficient (Wildman–Crippen LogP) is 5.13. The number of nitrogens with zero attached hydrogens (tertiary/aromatic N) is 1. The van der Waals surface area contributed by atoms with E-state index in [1.807, 2.05) is 42.5 Å². The highest BCUT2D eigenvalue weighted by atomic mass is 16.7. The monoisotopic (exact) mass is 411 g/mol. The van der Waals surface area contributed by atoms with Gasteiger partial charge in [0.25, 0.3) is 0 Å². The van der Waals surface area contributed by atoms with Crippen molar-refractivity contribution in [2.75, 3.05) is 16.5 Å². The van der Waals surface area contributed by atoms with Gasteiger partial charge >= 0.3 is 5.97 Å². The highest BCUT2D eigenvalue weighted by Gasteiger charge is 2.20. The molecule has 0 bridgehead atoms. The molecule has 0 radical (unpaired) electrons. The third kappa shape index (κ3) is 4.43. The fourth-order valence-electron chi connectivity index (χ4n) is 3.18. The second kappa shape index (κ2) is 8.51. The highest BCUT2D eigenvalue weighted by molar-refractivity contribution is 5.99. The average Bonchev–Trinajstić information content (AvgIpc) is 2.79. The lowest BCUT2D eigenvalue weighted by atomic mass is 9.99. The van der Waals surface area contributed by atoms with E-state index in [1.165, 1.54) is 17.2 Å². The molecule has 0 saturated heterocycles. The van der Waals surface area contributed by atoms with Gasteiger partial charge in [0.15, 0.2) is 0 Å². The first-order valence-corrected chi connectivity index (χ1v) is 9.63. The normalized spacial score (nSPS) is 10.5. The molecule has 0 aliphatic carbocycles. The van der Waals surface area contributed by atoms with E-state index in [-0.39, 0.29) is 5.75 Å². The van der Waals surface area contributed by atoms with E-state index in [2.05, 4.69) is 0 Å². The molecular weight excluding hydrogens is 390 g/mol. The lowest BCUT2D eigenvalue weighted by Gasteiger charge is -2.24. The summed E-state index contributed by atoms with van der Waals surface area (Å²) < 4.78 is 0. The maximum Gasteiger partial charge on any atom is 0.364 e. The lowest BCUT2D eigenvalue weighted by molar-refractivity contribution is 0.0505. The number of carbonyl (C=O) groups excluding carboxylic acids is 1. The Labute approximate surface area is 179 Å². The Morgan fingerprint density at radius 1 is 0.742 bits per heavy atom. The zero-order valence-corrected chi connectivity index (χ0v) is 16.6. The van der Waals surface area contributed by atoms with Gasteiger partial charge in [-0.25, -0.2) is 4.79 Å². The molecule has 0 unspecified atom stereocenters. The van der Waals surface area contributed by atoms with E-state index in [4.69, 9.17) is 16.3 Å². The molecule has 0 atom stereocenters. The molecule has 6 heteroatoms. The van der Waals surface area contributed by atoms with E-state index in [0.717, 1.165) is 5.56 Å². The smallest absolute Gasteiger partial charge is 0.364 e. The van der Waals surface area contributed by atoms with Crippen molar-refractivity contribution in [1.29, 1.82) is 0 Å². The maximum atomic E-state index is 13.3. The van der Waals surface area contributed by atoms with Crippen molar-refractivity contribution in [2.45, 2.75) is 0 Å². The molecule has 0 aliphatic heterocycles. The van der Waals surface area contributed by atoms with Crippen LogP contribution in [0.1, 0.15) is 10.4 Å². The number of carbonyl (C=O) groups is 1. The maximum absolute atomic E-state index is 13.3. The van der Waals surface area contributed by atoms with Gasteiger partial charge in [0, 0.05) is 11.4 Å². The summed E-state index contributed by atoms with van der Waals surface area (Å²) in [7, 11) is 0. The van der Waals surface area contributed by atoms with Crippen LogP contribution in [0.4, 0.5) is 22.7 Å². The van der Waals surface area contributed by atoms with E-state index in [9.17, 15) is 9.90 Å². The number of aromatic hydroxyl groups is 1. The van der Waals surface area contributed by atoms with Crippen LogP contribution in [0.5, 0.6) is 5.75 Å². The summed E-state index contributed by atoms with van der Waals surface area (Å²) >= 11 is 0. The Balaban J connectivity index is 1.73. The minimum atomic E-state index is -0.552. The summed E-state index contributed by atoms with van der Waals surface area (Å²) in [6, 6.07) is 27.8. The topological polar surface area (TPSA) is 102 Å². The molecule has 5 N–H and O–H groups in total. The molecule has 0 fully saturated rings. The molecule has 0 heterocycles. The number of nitrogens with two attached hydrogens (primary N) is 2. The van der Waals surface area contributed by atoms with Crippen LogP contribution in [0.2, 0.25) is 0 Å². The minimum absolute atomic E-state index is 0.118. The minimum Gasteiger partial charge on any atom is -0.508 e. The van der Waals surface area contributed by atoms with Crippen molar-refractivity contribution < 1.29 is 14.7 Å². The Morgan fingerprint density at radius 2 is 1.35 bits per heavy atom. The van der Waals surface area contributed by atoms with Gasteiger partial charge in [-0.1, -0.05) is 30.3 Å². The summed E-state index contributed by atoms with van der Waals surface area (Å²) in [5.41, 5.74) is 16.0. The number of rotatable bonds is 5. The number of anilines is 4. The Hall–Kier alpha value is -4.45. The van der Waals surface area contributed by atoms with Crippen LogP contribution in [-0.4, -0.2) is 11.1 Å². The highest BCUT2D eigenvalue weighted by Crippen LogP contribution is 2.31. The van der Waals surface area contributed by atoms with Gasteiger partial charge < -0.3 is 21.4 Å². The third-order valence-corrected chi connectivity index (χ3v) is 4.73. The van der Waals surface area contributed by atoms with Gasteiger partial charge in [0.1, 0.15) is 5.75 Å². The van der Waals surface area contributed by atoms with Crippen LogP contribution in [0.15, 0.2) is 97.1 Å². The first-order valence-electron chi connectivity index (χ1n) is 9.63. The summed E-state index contributed by atoms with van der Waals surface area (Å²) in [4.78, 5) is 19.1. The van der Waals surface area contributed by atoms with Gasteiger partial charge in [-0.05, 0) is 77.9 Å². The van der Waals surface area contributed by atoms with Crippen molar-refractivity contribution in [1.82, 2.24) is 0 Å². The van der Waals surface area contributed by atoms with Crippen LogP contribution in [-0.2, 0) is 4.84 Å². The lowest BCUT2D eigenvalue weighted by Crippen LogP contribution is -2.23. The van der Waals surface area contributed by atoms with Crippen LogP contribution >= 0.6 is 0 Å². The van der Waals surface area contributed by atoms with Crippen LogP contribution < -0.4 is 16.5 Å². The number of hydrogen-bond donors (Lipinski definition) is 3. The first-order chi connectivity index (χ1) is 15.0. The number of hydrogen-bond acceptors (Lipinski definition) is 6. The van der Waals surface area contributed by atoms with Crippen molar-refractivity contribution >= 4 is 28.7 Å². The molecule has 0 amide bonds. The summed E-state index contributed by atoms with van der Waals surface area (Å²) in [6.07, 6.45) is 0. The molecule has 4 aromatic carbocycles. The molecule has 154 valence electrons. The fraction of sp³-hybridized carbons (Fsp3) is 0. The van der Waals surface area contributed by atoms with Gasteiger partial charge in [0.05, 0.1) is 16.9 Å². The molecule has 6 nitrogen and oxygen atoms in total. The zero-order chi connectivity index (χ0) is 21.8. The number of benzene rings is 4. The number of para-hydroxylation sites is 1. The van der Waals surface area contributed by atoms with E-state index in [0.29, 0.717) is 33.9 Å². The number of phenolic OH excluding ortho intramolecular Hbond substituents is 1. The van der Waals surface area contributed by atoms with Crippen LogP contribution in [0, 0.1) is 0 Å². The quantitative estimate of drug-likeness (QED) is 0.311. The number of phenols is 1. The molecular formula is C25H21N3O3. The van der Waals surface area contributed by atoms with E-state index in [1.54, 1.807) is 42.5 Å². The molecule has 0 spiro atoms. The summed E-state index contributed by atoms with van der Waals surface area (Å²) in [5.74, 6) is -0.434. The first kappa shape index (κ1) is 19.8. The van der Waals surface area contributed by atoms with Gasteiger partial charge in [-0.3, -0.25) is 0 Å². The van der Waals surface area contributed by atoms with Gasteiger partial charge in [0.2, 0.25) is 0 Å². The van der Waals surface area contributed by atoms with Gasteiger partial charge in [-0.2, -0.15) is 5.06 Å². The Kier molecular flexibility index (Phi) is 5.45. The van der Waals surface area contributed by atoms with Crippen molar-refractivity contribution in [3.05, 3.63) is 103 Å². The van der Waals surface area contributed by atoms with Crippen molar-refractivity contribution in [3.63, 3.8) is 0 Å².